The Bertz CT molecular complexity index is 2750. The van der Waals surface area contributed by atoms with Gasteiger partial charge in [0.25, 0.3) is 0 Å². The molecule has 2 unspecified atom stereocenters. The number of allylic oxidation sites excluding steroid dienone is 2. The maximum Gasteiger partial charge on any atom is 0.200 e. The van der Waals surface area contributed by atoms with Crippen molar-refractivity contribution in [3.05, 3.63) is 215 Å². The van der Waals surface area contributed by atoms with Crippen molar-refractivity contribution in [3.63, 3.8) is 0 Å². The Balaban J connectivity index is 1.16. The predicted molar refractivity (Wildman–Crippen MR) is 217 cm³/mol. The molecule has 2 nitrogen and oxygen atoms in total. The lowest BCUT2D eigenvalue weighted by Crippen LogP contribution is -2.37. The summed E-state index contributed by atoms with van der Waals surface area (Å²) in [6.07, 6.45) is 4.84. The van der Waals surface area contributed by atoms with E-state index in [4.69, 9.17) is 0 Å². The quantitative estimate of drug-likeness (QED) is 0.0812. The van der Waals surface area contributed by atoms with Gasteiger partial charge in [0.2, 0.25) is 11.6 Å². The molecule has 7 aromatic rings. The average molecular weight is 837 g/mol. The molecule has 0 saturated carbocycles. The Hall–Kier alpha value is -7.08. The summed E-state index contributed by atoms with van der Waals surface area (Å²) in [6.45, 7) is 1.68. The Morgan fingerprint density at radius 2 is 0.705 bits per heavy atom. The number of hydrogen-bond donors (Lipinski definition) is 0. The van der Waals surface area contributed by atoms with Crippen LogP contribution < -0.4 is 9.80 Å². The molecule has 0 N–H and O–H groups in total. The van der Waals surface area contributed by atoms with Crippen LogP contribution in [0.2, 0.25) is 0 Å². The van der Waals surface area contributed by atoms with E-state index in [1.165, 1.54) is 36.4 Å². The molecule has 0 radical (unpaired) electrons. The predicted octanol–water partition coefficient (Wildman–Crippen LogP) is 14.7. The van der Waals surface area contributed by atoms with E-state index in [1.807, 2.05) is 60.7 Å². The molecule has 8 rings (SSSR count). The van der Waals surface area contributed by atoms with Gasteiger partial charge in [-0.05, 0) is 75.7 Å². The lowest BCUT2D eigenvalue weighted by molar-refractivity contribution is 0.377. The normalized spacial score (nSPS) is 14.8. The van der Waals surface area contributed by atoms with E-state index in [1.54, 1.807) is 61.5 Å². The molecule has 306 valence electrons. The summed E-state index contributed by atoms with van der Waals surface area (Å²) in [5.74, 6) is -21.8. The molecule has 1 aliphatic rings. The van der Waals surface area contributed by atoms with Gasteiger partial charge in [-0.3, -0.25) is 0 Å². The van der Waals surface area contributed by atoms with E-state index in [-0.39, 0.29) is 17.1 Å². The van der Waals surface area contributed by atoms with Gasteiger partial charge in [0.1, 0.15) is 11.4 Å². The van der Waals surface area contributed by atoms with E-state index in [0.717, 1.165) is 32.1 Å². The largest absolute Gasteiger partial charge is 0.329 e. The highest BCUT2D eigenvalue weighted by molar-refractivity contribution is 5.82. The molecule has 0 aliphatic heterocycles. The zero-order valence-electron chi connectivity index (χ0n) is 31.8. The van der Waals surface area contributed by atoms with Gasteiger partial charge in [0.15, 0.2) is 46.5 Å². The van der Waals surface area contributed by atoms with Crippen LogP contribution in [0.5, 0.6) is 0 Å². The van der Waals surface area contributed by atoms with Crippen molar-refractivity contribution < 1.29 is 43.9 Å². The third-order valence-electron chi connectivity index (χ3n) is 10.5. The van der Waals surface area contributed by atoms with Crippen molar-refractivity contribution in [1.82, 2.24) is 0 Å². The second-order valence-corrected chi connectivity index (χ2v) is 14.2. The van der Waals surface area contributed by atoms with Crippen molar-refractivity contribution in [2.24, 2.45) is 5.92 Å². The number of halogens is 10. The highest BCUT2D eigenvalue weighted by Gasteiger charge is 2.35. The first-order chi connectivity index (χ1) is 29.3. The third kappa shape index (κ3) is 7.43. The van der Waals surface area contributed by atoms with E-state index in [9.17, 15) is 26.3 Å². The van der Waals surface area contributed by atoms with Crippen LogP contribution in [0.1, 0.15) is 12.5 Å². The molecule has 12 heteroatoms. The smallest absolute Gasteiger partial charge is 0.200 e. The SMILES string of the molecule is CC1C=C(c2ccc(N(c3ccc(-c4ccccc4)cc3)c3c(F)c(F)c(F)c(F)c3F)cc2)C=CC1N(c1ccc(-c2ccccc2)cc1)c1c(F)c(F)c(F)c(F)c1F. The Labute approximate surface area is 343 Å². The van der Waals surface area contributed by atoms with Crippen molar-refractivity contribution in [3.8, 4) is 22.3 Å². The summed E-state index contributed by atoms with van der Waals surface area (Å²) in [6, 6.07) is 35.9. The Morgan fingerprint density at radius 1 is 0.361 bits per heavy atom. The monoisotopic (exact) mass is 836 g/mol. The number of anilines is 5. The first-order valence-electron chi connectivity index (χ1n) is 18.8. The minimum Gasteiger partial charge on any atom is -0.329 e. The van der Waals surface area contributed by atoms with E-state index in [0.29, 0.717) is 11.1 Å². The van der Waals surface area contributed by atoms with Crippen LogP contribution in [-0.4, -0.2) is 6.04 Å². The van der Waals surface area contributed by atoms with Crippen molar-refractivity contribution >= 4 is 34.0 Å². The number of benzene rings is 7. The second-order valence-electron chi connectivity index (χ2n) is 14.2. The van der Waals surface area contributed by atoms with Crippen LogP contribution in [-0.2, 0) is 0 Å². The zero-order valence-corrected chi connectivity index (χ0v) is 31.8. The maximum absolute atomic E-state index is 15.6. The second kappa shape index (κ2) is 16.5. The highest BCUT2D eigenvalue weighted by Crippen LogP contribution is 2.43. The Morgan fingerprint density at radius 3 is 1.11 bits per heavy atom. The number of hydrogen-bond acceptors (Lipinski definition) is 2. The summed E-state index contributed by atoms with van der Waals surface area (Å²) >= 11 is 0. The molecule has 7 aromatic carbocycles. The van der Waals surface area contributed by atoms with Gasteiger partial charge < -0.3 is 9.80 Å². The molecular weight excluding hydrogens is 807 g/mol. The fourth-order valence-corrected chi connectivity index (χ4v) is 7.46. The van der Waals surface area contributed by atoms with Crippen LogP contribution in [0, 0.1) is 64.1 Å². The van der Waals surface area contributed by atoms with Gasteiger partial charge in [0, 0.05) is 17.1 Å². The van der Waals surface area contributed by atoms with Crippen molar-refractivity contribution in [2.45, 2.75) is 13.0 Å². The van der Waals surface area contributed by atoms with Crippen LogP contribution >= 0.6 is 0 Å². The molecule has 2 atom stereocenters. The van der Waals surface area contributed by atoms with Gasteiger partial charge in [-0.2, -0.15) is 0 Å². The van der Waals surface area contributed by atoms with E-state index >= 15 is 17.6 Å². The number of nitrogens with zero attached hydrogens (tertiary/aromatic N) is 2. The molecule has 0 fully saturated rings. The average Bonchev–Trinajstić information content (AvgIpc) is 3.30. The molecule has 1 aliphatic carbocycles. The number of rotatable bonds is 9. The van der Waals surface area contributed by atoms with Crippen molar-refractivity contribution in [1.29, 1.82) is 0 Å². The first kappa shape index (κ1) is 40.7. The molecule has 0 amide bonds. The zero-order chi connectivity index (χ0) is 43.1. The molecule has 0 aromatic heterocycles. The lowest BCUT2D eigenvalue weighted by Gasteiger charge is -2.37. The van der Waals surface area contributed by atoms with E-state index in [2.05, 4.69) is 0 Å². The summed E-state index contributed by atoms with van der Waals surface area (Å²) in [5, 5.41) is 0. The summed E-state index contributed by atoms with van der Waals surface area (Å²) < 4.78 is 149. The van der Waals surface area contributed by atoms with Crippen LogP contribution in [0.25, 0.3) is 27.8 Å². The van der Waals surface area contributed by atoms with Gasteiger partial charge in [0.05, 0.1) is 6.04 Å². The van der Waals surface area contributed by atoms with E-state index < -0.39 is 81.5 Å². The highest BCUT2D eigenvalue weighted by atomic mass is 19.2. The summed E-state index contributed by atoms with van der Waals surface area (Å²) in [7, 11) is 0. The molecule has 0 saturated heterocycles. The molecule has 0 bridgehead atoms. The third-order valence-corrected chi connectivity index (χ3v) is 10.5. The minimum atomic E-state index is -2.31. The standard InChI is InChI=1S/C49H30F10N2/c1-27-26-33(18-25-37(27)61(49-46(58)42(54)39(51)43(55)47(49)59)36-23-14-31(15-24-36)29-10-6-3-7-11-29)32-16-21-35(22-17-32)60(48-44(56)40(52)38(50)41(53)45(48)57)34-19-12-30(13-20-34)28-8-4-2-5-9-28/h2-27,37H,1H3. The van der Waals surface area contributed by atoms with Crippen LogP contribution in [0.3, 0.4) is 0 Å². The molecule has 0 heterocycles. The van der Waals surface area contributed by atoms with Crippen LogP contribution in [0.15, 0.2) is 152 Å². The first-order valence-corrected chi connectivity index (χ1v) is 18.8. The fourth-order valence-electron chi connectivity index (χ4n) is 7.46. The Kier molecular flexibility index (Phi) is 11.0. The maximum atomic E-state index is 15.6. The molecule has 61 heavy (non-hydrogen) atoms. The van der Waals surface area contributed by atoms with Gasteiger partial charge in [-0.25, -0.2) is 43.9 Å². The molecular formula is C49H30F10N2. The molecule has 0 spiro atoms. The van der Waals surface area contributed by atoms with Crippen molar-refractivity contribution in [2.75, 3.05) is 9.80 Å². The summed E-state index contributed by atoms with van der Waals surface area (Å²) in [4.78, 5) is 1.96. The fraction of sp³-hybridized carbons (Fsp3) is 0.0612. The van der Waals surface area contributed by atoms with Crippen LogP contribution in [0.4, 0.5) is 72.3 Å². The van der Waals surface area contributed by atoms with Gasteiger partial charge in [-0.15, -0.1) is 0 Å². The minimum absolute atomic E-state index is 0.0298. The lowest BCUT2D eigenvalue weighted by atomic mass is 9.88. The summed E-state index contributed by atoms with van der Waals surface area (Å²) in [5.41, 5.74) is 2.07. The van der Waals surface area contributed by atoms with Gasteiger partial charge >= 0.3 is 0 Å². The topological polar surface area (TPSA) is 6.48 Å². The van der Waals surface area contributed by atoms with Gasteiger partial charge in [-0.1, -0.05) is 122 Å².